The monoisotopic (exact) mass is 416 g/mol. The Morgan fingerprint density at radius 2 is 1.90 bits per heavy atom. The molecule has 0 radical (unpaired) electrons. The molecule has 152 valence electrons. The quantitative estimate of drug-likeness (QED) is 0.444. The highest BCUT2D eigenvalue weighted by Crippen LogP contribution is 2.24. The van der Waals surface area contributed by atoms with Crippen LogP contribution in [-0.4, -0.2) is 37.0 Å². The molecule has 2 aromatic heterocycles. The number of rotatable bonds is 8. The second-order valence-electron chi connectivity index (χ2n) is 6.02. The number of nitrogens with one attached hydrogen (secondary N) is 1. The van der Waals surface area contributed by atoms with E-state index in [9.17, 15) is 12.8 Å². The van der Waals surface area contributed by atoms with Crippen LogP contribution in [-0.2, 0) is 10.0 Å². The molecule has 9 heteroatoms. The molecule has 0 saturated heterocycles. The summed E-state index contributed by atoms with van der Waals surface area (Å²) in [6.07, 6.45) is 2.71. The number of hydrazone groups is 1. The van der Waals surface area contributed by atoms with Crippen LogP contribution in [0.3, 0.4) is 0 Å². The first-order valence-electron chi connectivity index (χ1n) is 9.05. The zero-order valence-corrected chi connectivity index (χ0v) is 16.9. The summed E-state index contributed by atoms with van der Waals surface area (Å²) in [6.45, 7) is 4.35. The van der Waals surface area contributed by atoms with Crippen molar-refractivity contribution >= 4 is 22.1 Å². The Kier molecular flexibility index (Phi) is 6.40. The van der Waals surface area contributed by atoms with Crippen LogP contribution >= 0.6 is 0 Å². The number of hydrogen-bond acceptors (Lipinski definition) is 6. The minimum absolute atomic E-state index is 0.122. The van der Waals surface area contributed by atoms with Crippen LogP contribution in [0.5, 0.6) is 0 Å². The summed E-state index contributed by atoms with van der Waals surface area (Å²) in [5.74, 6) is 0.832. The molecule has 1 aromatic carbocycles. The topological polar surface area (TPSA) is 87.8 Å². The Hall–Kier alpha value is -3.04. The molecule has 0 unspecified atom stereocenters. The molecule has 0 amide bonds. The van der Waals surface area contributed by atoms with E-state index in [2.05, 4.69) is 15.5 Å². The van der Waals surface area contributed by atoms with Crippen molar-refractivity contribution in [3.05, 3.63) is 66.3 Å². The molecule has 29 heavy (non-hydrogen) atoms. The van der Waals surface area contributed by atoms with Crippen LogP contribution in [0.4, 0.5) is 10.2 Å². The van der Waals surface area contributed by atoms with Crippen LogP contribution < -0.4 is 5.43 Å². The number of halogens is 1. The number of aromatic nitrogens is 1. The van der Waals surface area contributed by atoms with E-state index in [4.69, 9.17) is 4.42 Å². The minimum atomic E-state index is -3.55. The molecule has 0 spiro atoms. The van der Waals surface area contributed by atoms with Gasteiger partial charge in [-0.3, -0.25) is 5.43 Å². The second kappa shape index (κ2) is 8.97. The highest BCUT2D eigenvalue weighted by molar-refractivity contribution is 7.89. The third-order valence-electron chi connectivity index (χ3n) is 4.22. The molecular weight excluding hydrogens is 395 g/mol. The van der Waals surface area contributed by atoms with Crippen molar-refractivity contribution in [1.29, 1.82) is 0 Å². The van der Waals surface area contributed by atoms with Gasteiger partial charge >= 0.3 is 0 Å². The maximum atomic E-state index is 13.8. The van der Waals surface area contributed by atoms with Crippen molar-refractivity contribution in [3.8, 4) is 11.3 Å². The van der Waals surface area contributed by atoms with Crippen LogP contribution in [0.2, 0.25) is 0 Å². The summed E-state index contributed by atoms with van der Waals surface area (Å²) in [6, 6.07) is 12.7. The summed E-state index contributed by atoms with van der Waals surface area (Å²) in [4.78, 5) is 4.20. The summed E-state index contributed by atoms with van der Waals surface area (Å²) in [7, 11) is -3.55. The maximum Gasteiger partial charge on any atom is 0.244 e. The Morgan fingerprint density at radius 3 is 2.55 bits per heavy atom. The molecule has 7 nitrogen and oxygen atoms in total. The number of hydrogen-bond donors (Lipinski definition) is 1. The average Bonchev–Trinajstić information content (AvgIpc) is 3.18. The fourth-order valence-corrected chi connectivity index (χ4v) is 4.11. The fraction of sp³-hybridized carbons (Fsp3) is 0.200. The largest absolute Gasteiger partial charge is 0.455 e. The van der Waals surface area contributed by atoms with E-state index in [-0.39, 0.29) is 10.7 Å². The lowest BCUT2D eigenvalue weighted by Gasteiger charge is -2.18. The highest BCUT2D eigenvalue weighted by atomic mass is 32.2. The number of nitrogens with zero attached hydrogens (tertiary/aromatic N) is 3. The van der Waals surface area contributed by atoms with E-state index >= 15 is 0 Å². The Balaban J connectivity index is 1.66. The zero-order valence-electron chi connectivity index (χ0n) is 16.0. The summed E-state index contributed by atoms with van der Waals surface area (Å²) in [5.41, 5.74) is 3.07. The van der Waals surface area contributed by atoms with Crippen LogP contribution in [0.1, 0.15) is 19.6 Å². The number of furan rings is 1. The molecule has 0 aliphatic carbocycles. The number of pyridine rings is 1. The molecule has 3 aromatic rings. The molecule has 0 fully saturated rings. The molecule has 0 aliphatic heterocycles. The first-order chi connectivity index (χ1) is 14.0. The van der Waals surface area contributed by atoms with Gasteiger partial charge in [-0.25, -0.2) is 17.8 Å². The maximum absolute atomic E-state index is 13.8. The third kappa shape index (κ3) is 4.69. The van der Waals surface area contributed by atoms with Crippen molar-refractivity contribution in [2.24, 2.45) is 5.10 Å². The van der Waals surface area contributed by atoms with Gasteiger partial charge in [0.1, 0.15) is 28.1 Å². The van der Waals surface area contributed by atoms with E-state index < -0.39 is 10.0 Å². The van der Waals surface area contributed by atoms with Gasteiger partial charge in [0.25, 0.3) is 0 Å². The van der Waals surface area contributed by atoms with Gasteiger partial charge in [0.15, 0.2) is 0 Å². The van der Waals surface area contributed by atoms with Gasteiger partial charge in [-0.1, -0.05) is 26.0 Å². The zero-order chi connectivity index (χ0) is 20.9. The van der Waals surface area contributed by atoms with Gasteiger partial charge in [0.2, 0.25) is 10.0 Å². The van der Waals surface area contributed by atoms with Gasteiger partial charge < -0.3 is 4.42 Å². The highest BCUT2D eigenvalue weighted by Gasteiger charge is 2.21. The number of sulfonamides is 1. The normalized spacial score (nSPS) is 12.0. The Bertz CT molecular complexity index is 1090. The van der Waals surface area contributed by atoms with Gasteiger partial charge in [0.05, 0.1) is 11.8 Å². The van der Waals surface area contributed by atoms with Gasteiger partial charge in [-0.2, -0.15) is 9.41 Å². The predicted octanol–water partition coefficient (Wildman–Crippen LogP) is 3.96. The van der Waals surface area contributed by atoms with E-state index in [1.165, 1.54) is 34.9 Å². The Morgan fingerprint density at radius 1 is 1.14 bits per heavy atom. The molecule has 2 heterocycles. The molecule has 0 aliphatic rings. The van der Waals surface area contributed by atoms with Crippen LogP contribution in [0.25, 0.3) is 11.3 Å². The van der Waals surface area contributed by atoms with Crippen molar-refractivity contribution < 1.29 is 17.2 Å². The predicted molar refractivity (Wildman–Crippen MR) is 110 cm³/mol. The standard InChI is InChI=1S/C20H21FN4O3S/c1-3-25(4-2)29(26,27)16-10-12-20(22-14-16)24-23-13-15-9-11-19(28-15)17-7-5-6-8-18(17)21/h5-14H,3-4H2,1-2H3,(H,22,24)/b23-13-. The first kappa shape index (κ1) is 20.7. The van der Waals surface area contributed by atoms with Gasteiger partial charge in [-0.05, 0) is 36.4 Å². The van der Waals surface area contributed by atoms with E-state index in [0.717, 1.165) is 0 Å². The second-order valence-corrected chi connectivity index (χ2v) is 7.96. The number of anilines is 1. The van der Waals surface area contributed by atoms with Gasteiger partial charge in [0, 0.05) is 19.3 Å². The van der Waals surface area contributed by atoms with Crippen LogP contribution in [0.15, 0.2) is 69.1 Å². The molecule has 3 rings (SSSR count). The van der Waals surface area contributed by atoms with Crippen molar-refractivity contribution in [2.45, 2.75) is 18.7 Å². The van der Waals surface area contributed by atoms with E-state index in [0.29, 0.717) is 36.0 Å². The lowest BCUT2D eigenvalue weighted by molar-refractivity contribution is 0.445. The van der Waals surface area contributed by atoms with Crippen LogP contribution in [0, 0.1) is 5.82 Å². The molecule has 1 N–H and O–H groups in total. The van der Waals surface area contributed by atoms with E-state index in [1.807, 2.05) is 0 Å². The molecular formula is C20H21FN4O3S. The van der Waals surface area contributed by atoms with Gasteiger partial charge in [-0.15, -0.1) is 0 Å². The lowest BCUT2D eigenvalue weighted by atomic mass is 10.1. The summed E-state index contributed by atoms with van der Waals surface area (Å²) in [5, 5.41) is 4.02. The van der Waals surface area contributed by atoms with Crippen molar-refractivity contribution in [1.82, 2.24) is 9.29 Å². The van der Waals surface area contributed by atoms with Crippen molar-refractivity contribution in [3.63, 3.8) is 0 Å². The summed E-state index contributed by atoms with van der Waals surface area (Å²) < 4.78 is 45.6. The SMILES string of the molecule is CCN(CC)S(=O)(=O)c1ccc(N/N=C\c2ccc(-c3ccccc3F)o2)nc1. The van der Waals surface area contributed by atoms with Crippen molar-refractivity contribution in [2.75, 3.05) is 18.5 Å². The smallest absolute Gasteiger partial charge is 0.244 e. The molecule has 0 saturated carbocycles. The van der Waals surface area contributed by atoms with E-state index in [1.54, 1.807) is 44.2 Å². The number of benzene rings is 1. The average molecular weight is 416 g/mol. The Labute approximate surface area is 168 Å². The molecule has 0 atom stereocenters. The third-order valence-corrected chi connectivity index (χ3v) is 6.25. The fourth-order valence-electron chi connectivity index (χ4n) is 2.70. The minimum Gasteiger partial charge on any atom is -0.455 e. The lowest BCUT2D eigenvalue weighted by Crippen LogP contribution is -2.30. The molecule has 0 bridgehead atoms. The summed E-state index contributed by atoms with van der Waals surface area (Å²) >= 11 is 0. The first-order valence-corrected chi connectivity index (χ1v) is 10.5.